The van der Waals surface area contributed by atoms with Crippen LogP contribution in [0.3, 0.4) is 0 Å². The molecule has 1 aromatic carbocycles. The van der Waals surface area contributed by atoms with Crippen molar-refractivity contribution in [1.82, 2.24) is 10.2 Å². The van der Waals surface area contributed by atoms with Gasteiger partial charge >= 0.3 is 0 Å². The molecule has 128 valence electrons. The summed E-state index contributed by atoms with van der Waals surface area (Å²) >= 11 is 6.21. The van der Waals surface area contributed by atoms with Crippen molar-refractivity contribution in [3.8, 4) is 11.5 Å². The van der Waals surface area contributed by atoms with Gasteiger partial charge < -0.3 is 14.8 Å². The van der Waals surface area contributed by atoms with Crippen molar-refractivity contribution in [2.45, 2.75) is 45.9 Å². The highest BCUT2D eigenvalue weighted by atomic mass is 35.5. The van der Waals surface area contributed by atoms with E-state index in [2.05, 4.69) is 10.2 Å². The second kappa shape index (κ2) is 7.88. The van der Waals surface area contributed by atoms with Crippen molar-refractivity contribution < 1.29 is 14.3 Å². The second-order valence-electron chi connectivity index (χ2n) is 6.18. The number of nitrogens with zero attached hydrogens (tertiary/aromatic N) is 1. The maximum atomic E-state index is 11.2. The third kappa shape index (κ3) is 5.01. The fourth-order valence-corrected chi connectivity index (χ4v) is 3.11. The minimum absolute atomic E-state index is 0.0186. The molecule has 2 rings (SSSR count). The van der Waals surface area contributed by atoms with E-state index in [4.69, 9.17) is 21.1 Å². The number of methoxy groups -OCH3 is 1. The molecule has 0 saturated carbocycles. The largest absolute Gasteiger partial charge is 0.493 e. The van der Waals surface area contributed by atoms with E-state index in [0.717, 1.165) is 37.4 Å². The number of hydrogen-bond acceptors (Lipinski definition) is 4. The highest BCUT2D eigenvalue weighted by Crippen LogP contribution is 2.36. The Balaban J connectivity index is 2.15. The number of rotatable bonds is 6. The van der Waals surface area contributed by atoms with Crippen LogP contribution in [0.15, 0.2) is 12.1 Å². The van der Waals surface area contributed by atoms with Crippen LogP contribution in [0.4, 0.5) is 0 Å². The minimum Gasteiger partial charge on any atom is -0.493 e. The van der Waals surface area contributed by atoms with Crippen molar-refractivity contribution in [3.05, 3.63) is 22.7 Å². The lowest BCUT2D eigenvalue weighted by Gasteiger charge is -2.22. The Morgan fingerprint density at radius 3 is 2.83 bits per heavy atom. The zero-order chi connectivity index (χ0) is 17.0. The molecular weight excluding hydrogens is 316 g/mol. The smallest absolute Gasteiger partial charge is 0.217 e. The standard InChI is InChI=1S/C17H25ClN2O3/c1-11(2)23-17-13(7-14(18)8-16(17)22-4)9-20-6-5-15(10-20)19-12(3)21/h7-8,11,15H,5-6,9-10H2,1-4H3,(H,19,21). The molecule has 0 aliphatic carbocycles. The van der Waals surface area contributed by atoms with E-state index in [1.54, 1.807) is 20.1 Å². The molecule has 0 aromatic heterocycles. The second-order valence-corrected chi connectivity index (χ2v) is 6.62. The summed E-state index contributed by atoms with van der Waals surface area (Å²) in [6, 6.07) is 3.91. The normalized spacial score (nSPS) is 18.3. The number of ether oxygens (including phenoxy) is 2. The number of amides is 1. The lowest BCUT2D eigenvalue weighted by molar-refractivity contribution is -0.119. The summed E-state index contributed by atoms with van der Waals surface area (Å²) in [6.07, 6.45) is 1.01. The van der Waals surface area contributed by atoms with Crippen molar-refractivity contribution in [1.29, 1.82) is 0 Å². The van der Waals surface area contributed by atoms with Crippen LogP contribution in [0.25, 0.3) is 0 Å². The van der Waals surface area contributed by atoms with E-state index in [1.165, 1.54) is 0 Å². The minimum atomic E-state index is 0.0186. The molecule has 5 nitrogen and oxygen atoms in total. The molecule has 1 atom stereocenters. The summed E-state index contributed by atoms with van der Waals surface area (Å²) in [5.74, 6) is 1.42. The summed E-state index contributed by atoms with van der Waals surface area (Å²) in [6.45, 7) is 8.01. The molecule has 1 aromatic rings. The molecule has 0 bridgehead atoms. The van der Waals surface area contributed by atoms with Gasteiger partial charge in [-0.05, 0) is 26.3 Å². The maximum Gasteiger partial charge on any atom is 0.217 e. The Morgan fingerprint density at radius 2 is 2.22 bits per heavy atom. The quantitative estimate of drug-likeness (QED) is 0.865. The molecule has 1 aliphatic heterocycles. The van der Waals surface area contributed by atoms with Gasteiger partial charge in [-0.25, -0.2) is 0 Å². The van der Waals surface area contributed by atoms with E-state index in [9.17, 15) is 4.79 Å². The molecule has 1 heterocycles. The first-order valence-electron chi connectivity index (χ1n) is 7.91. The molecule has 0 radical (unpaired) electrons. The van der Waals surface area contributed by atoms with Gasteiger partial charge in [-0.1, -0.05) is 11.6 Å². The molecule has 0 spiro atoms. The number of likely N-dealkylation sites (tertiary alicyclic amines) is 1. The number of hydrogen-bond donors (Lipinski definition) is 1. The Morgan fingerprint density at radius 1 is 1.48 bits per heavy atom. The van der Waals surface area contributed by atoms with Crippen LogP contribution in [-0.4, -0.2) is 43.2 Å². The molecule has 1 N–H and O–H groups in total. The van der Waals surface area contributed by atoms with E-state index in [0.29, 0.717) is 10.8 Å². The van der Waals surface area contributed by atoms with Gasteiger partial charge in [0.1, 0.15) is 0 Å². The van der Waals surface area contributed by atoms with E-state index in [1.807, 2.05) is 19.9 Å². The van der Waals surface area contributed by atoms with Crippen LogP contribution < -0.4 is 14.8 Å². The summed E-state index contributed by atoms with van der Waals surface area (Å²) in [4.78, 5) is 13.5. The predicted octanol–water partition coefficient (Wildman–Crippen LogP) is 2.85. The van der Waals surface area contributed by atoms with Gasteiger partial charge in [0.25, 0.3) is 0 Å². The molecule has 1 fully saturated rings. The molecule has 1 saturated heterocycles. The van der Waals surface area contributed by atoms with E-state index in [-0.39, 0.29) is 18.1 Å². The first-order chi connectivity index (χ1) is 10.9. The van der Waals surface area contributed by atoms with E-state index >= 15 is 0 Å². The van der Waals surface area contributed by atoms with Gasteiger partial charge in [0.05, 0.1) is 13.2 Å². The lowest BCUT2D eigenvalue weighted by atomic mass is 10.1. The van der Waals surface area contributed by atoms with E-state index < -0.39 is 0 Å². The van der Waals surface area contributed by atoms with Gasteiger partial charge in [0.2, 0.25) is 5.91 Å². The summed E-state index contributed by atoms with van der Waals surface area (Å²) in [7, 11) is 1.62. The fraction of sp³-hybridized carbons (Fsp3) is 0.588. The van der Waals surface area contributed by atoms with Crippen molar-refractivity contribution in [2.75, 3.05) is 20.2 Å². The summed E-state index contributed by atoms with van der Waals surface area (Å²) < 4.78 is 11.4. The molecule has 1 amide bonds. The van der Waals surface area contributed by atoms with Crippen LogP contribution in [0, 0.1) is 0 Å². The van der Waals surface area contributed by atoms with Crippen LogP contribution in [0.1, 0.15) is 32.8 Å². The first kappa shape index (κ1) is 17.9. The number of benzene rings is 1. The van der Waals surface area contributed by atoms with Gasteiger partial charge in [0, 0.05) is 49.3 Å². The Kier molecular flexibility index (Phi) is 6.13. The van der Waals surface area contributed by atoms with Crippen molar-refractivity contribution in [3.63, 3.8) is 0 Å². The predicted molar refractivity (Wildman–Crippen MR) is 91.3 cm³/mol. The highest BCUT2D eigenvalue weighted by molar-refractivity contribution is 6.30. The van der Waals surface area contributed by atoms with Gasteiger partial charge in [-0.2, -0.15) is 0 Å². The SMILES string of the molecule is COc1cc(Cl)cc(CN2CCC(NC(C)=O)C2)c1OC(C)C. The molecule has 6 heteroatoms. The van der Waals surface area contributed by atoms with Gasteiger partial charge in [0.15, 0.2) is 11.5 Å². The number of carbonyl (C=O) groups is 1. The average molecular weight is 341 g/mol. The van der Waals surface area contributed by atoms with Crippen molar-refractivity contribution >= 4 is 17.5 Å². The number of halogens is 1. The third-order valence-electron chi connectivity index (χ3n) is 3.74. The van der Waals surface area contributed by atoms with Crippen LogP contribution in [0.2, 0.25) is 5.02 Å². The molecule has 1 unspecified atom stereocenters. The van der Waals surface area contributed by atoms with Crippen LogP contribution in [0.5, 0.6) is 11.5 Å². The monoisotopic (exact) mass is 340 g/mol. The molecular formula is C17H25ClN2O3. The first-order valence-corrected chi connectivity index (χ1v) is 8.29. The lowest BCUT2D eigenvalue weighted by Crippen LogP contribution is -2.35. The fourth-order valence-electron chi connectivity index (χ4n) is 2.88. The number of nitrogens with one attached hydrogen (secondary N) is 1. The summed E-state index contributed by atoms with van der Waals surface area (Å²) in [5.41, 5.74) is 1.01. The zero-order valence-electron chi connectivity index (χ0n) is 14.2. The summed E-state index contributed by atoms with van der Waals surface area (Å²) in [5, 5.41) is 3.61. The average Bonchev–Trinajstić information content (AvgIpc) is 2.87. The van der Waals surface area contributed by atoms with Crippen molar-refractivity contribution in [2.24, 2.45) is 0 Å². The Labute approximate surface area is 142 Å². The highest BCUT2D eigenvalue weighted by Gasteiger charge is 2.25. The maximum absolute atomic E-state index is 11.2. The Hall–Kier alpha value is -1.46. The third-order valence-corrected chi connectivity index (χ3v) is 3.96. The topological polar surface area (TPSA) is 50.8 Å². The Bertz CT molecular complexity index is 563. The number of carbonyl (C=O) groups excluding carboxylic acids is 1. The zero-order valence-corrected chi connectivity index (χ0v) is 14.9. The van der Waals surface area contributed by atoms with Crippen LogP contribution >= 0.6 is 11.6 Å². The molecule has 1 aliphatic rings. The van der Waals surface area contributed by atoms with Crippen LogP contribution in [-0.2, 0) is 11.3 Å². The van der Waals surface area contributed by atoms with Gasteiger partial charge in [-0.15, -0.1) is 0 Å². The molecule has 23 heavy (non-hydrogen) atoms. The van der Waals surface area contributed by atoms with Gasteiger partial charge in [-0.3, -0.25) is 9.69 Å².